The third-order valence-electron chi connectivity index (χ3n) is 3.07. The van der Waals surface area contributed by atoms with Gasteiger partial charge in [0, 0.05) is 31.8 Å². The molecule has 0 amide bonds. The number of alkyl halides is 1. The topological polar surface area (TPSA) is 40.6 Å². The number of hydrogen-bond donors (Lipinski definition) is 0. The lowest BCUT2D eigenvalue weighted by atomic mass is 10.3. The number of sulfone groups is 1. The first-order valence-corrected chi connectivity index (χ1v) is 8.79. The van der Waals surface area contributed by atoms with Crippen LogP contribution in [0, 0.1) is 0 Å². The Hall–Kier alpha value is 0.160. The van der Waals surface area contributed by atoms with Crippen molar-refractivity contribution in [3.63, 3.8) is 0 Å². The first-order valence-electron chi connectivity index (χ1n) is 6.19. The molecule has 0 aromatic heterocycles. The summed E-state index contributed by atoms with van der Waals surface area (Å²) in [6.07, 6.45) is 3.20. The van der Waals surface area contributed by atoms with Gasteiger partial charge >= 0.3 is 0 Å². The zero-order valence-corrected chi connectivity index (χ0v) is 12.1. The Balaban J connectivity index is 2.22. The van der Waals surface area contributed by atoms with Crippen molar-refractivity contribution in [1.82, 2.24) is 9.80 Å². The number of nitrogens with zero attached hydrogens (tertiary/aromatic N) is 2. The Bertz CT molecular complexity index is 309. The molecule has 0 radical (unpaired) electrons. The van der Waals surface area contributed by atoms with Gasteiger partial charge in [0.25, 0.3) is 0 Å². The zero-order chi connectivity index (χ0) is 12.7. The Morgan fingerprint density at radius 3 is 2.18 bits per heavy atom. The summed E-state index contributed by atoms with van der Waals surface area (Å²) in [6, 6.07) is 0. The maximum Gasteiger partial charge on any atom is 0.147 e. The summed E-state index contributed by atoms with van der Waals surface area (Å²) < 4.78 is 22.1. The Morgan fingerprint density at radius 2 is 1.65 bits per heavy atom. The monoisotopic (exact) mass is 282 g/mol. The third kappa shape index (κ3) is 7.24. The molecule has 0 atom stereocenters. The van der Waals surface area contributed by atoms with E-state index in [4.69, 9.17) is 11.6 Å². The van der Waals surface area contributed by atoms with Gasteiger partial charge in [0.2, 0.25) is 0 Å². The second-order valence-electron chi connectivity index (χ2n) is 4.71. The lowest BCUT2D eigenvalue weighted by Gasteiger charge is -2.20. The molecule has 17 heavy (non-hydrogen) atoms. The van der Waals surface area contributed by atoms with E-state index in [9.17, 15) is 8.42 Å². The van der Waals surface area contributed by atoms with E-state index in [-0.39, 0.29) is 0 Å². The lowest BCUT2D eigenvalue weighted by Crippen LogP contribution is -2.32. The molecule has 1 fully saturated rings. The highest BCUT2D eigenvalue weighted by atomic mass is 35.5. The Morgan fingerprint density at radius 1 is 1.06 bits per heavy atom. The largest absolute Gasteiger partial charge is 0.302 e. The maximum atomic E-state index is 11.0. The molecule has 0 aromatic carbocycles. The van der Waals surface area contributed by atoms with Gasteiger partial charge in [-0.1, -0.05) is 0 Å². The van der Waals surface area contributed by atoms with E-state index in [2.05, 4.69) is 9.80 Å². The molecule has 4 nitrogen and oxygen atoms in total. The van der Waals surface area contributed by atoms with Crippen LogP contribution in [0.25, 0.3) is 0 Å². The molecule has 0 unspecified atom stereocenters. The quantitative estimate of drug-likeness (QED) is 0.672. The molecule has 0 aromatic rings. The zero-order valence-electron chi connectivity index (χ0n) is 10.6. The fourth-order valence-corrected chi connectivity index (χ4v) is 3.03. The fourth-order valence-electron chi connectivity index (χ4n) is 2.14. The molecule has 0 bridgehead atoms. The van der Waals surface area contributed by atoms with E-state index in [0.29, 0.717) is 11.6 Å². The predicted molar refractivity (Wildman–Crippen MR) is 72.5 cm³/mol. The van der Waals surface area contributed by atoms with Crippen molar-refractivity contribution in [2.75, 3.05) is 57.2 Å². The van der Waals surface area contributed by atoms with Gasteiger partial charge < -0.3 is 9.80 Å². The van der Waals surface area contributed by atoms with Gasteiger partial charge in [-0.05, 0) is 32.5 Å². The number of hydrogen-bond acceptors (Lipinski definition) is 4. The fraction of sp³-hybridized carbons (Fsp3) is 1.00. The van der Waals surface area contributed by atoms with E-state index in [1.165, 1.54) is 6.26 Å². The van der Waals surface area contributed by atoms with Gasteiger partial charge in [-0.25, -0.2) is 8.42 Å². The summed E-state index contributed by atoms with van der Waals surface area (Å²) >= 11 is 5.74. The van der Waals surface area contributed by atoms with Gasteiger partial charge in [0.05, 0.1) is 5.75 Å². The van der Waals surface area contributed by atoms with Crippen LogP contribution in [0.5, 0.6) is 0 Å². The molecule has 0 saturated carbocycles. The van der Waals surface area contributed by atoms with Crippen molar-refractivity contribution in [3.05, 3.63) is 0 Å². The van der Waals surface area contributed by atoms with Crippen LogP contribution >= 0.6 is 11.6 Å². The van der Waals surface area contributed by atoms with Crippen LogP contribution in [0.3, 0.4) is 0 Å². The van der Waals surface area contributed by atoms with Gasteiger partial charge in [-0.2, -0.15) is 0 Å². The van der Waals surface area contributed by atoms with Gasteiger partial charge in [-0.15, -0.1) is 11.6 Å². The molecule has 1 saturated heterocycles. The van der Waals surface area contributed by atoms with Crippen molar-refractivity contribution < 1.29 is 8.42 Å². The van der Waals surface area contributed by atoms with Crippen LogP contribution in [0.1, 0.15) is 12.8 Å². The maximum absolute atomic E-state index is 11.0. The lowest BCUT2D eigenvalue weighted by molar-refractivity contribution is 0.264. The van der Waals surface area contributed by atoms with Crippen LogP contribution in [-0.2, 0) is 9.84 Å². The van der Waals surface area contributed by atoms with Crippen molar-refractivity contribution in [3.8, 4) is 0 Å². The van der Waals surface area contributed by atoms with Crippen molar-refractivity contribution >= 4 is 21.4 Å². The van der Waals surface area contributed by atoms with Gasteiger partial charge in [0.1, 0.15) is 9.84 Å². The highest BCUT2D eigenvalue weighted by molar-refractivity contribution is 7.90. The van der Waals surface area contributed by atoms with E-state index in [1.54, 1.807) is 0 Å². The average Bonchev–Trinajstić information content (AvgIpc) is 2.43. The van der Waals surface area contributed by atoms with E-state index in [0.717, 1.165) is 52.1 Å². The van der Waals surface area contributed by atoms with Gasteiger partial charge in [0.15, 0.2) is 0 Å². The summed E-state index contributed by atoms with van der Waals surface area (Å²) in [5, 5.41) is 0. The molecule has 0 aliphatic carbocycles. The summed E-state index contributed by atoms with van der Waals surface area (Å²) in [4.78, 5) is 4.74. The molecular formula is C11H23ClN2O2S. The first kappa shape index (κ1) is 15.2. The van der Waals surface area contributed by atoms with Crippen LogP contribution in [0.2, 0.25) is 0 Å². The smallest absolute Gasteiger partial charge is 0.147 e. The van der Waals surface area contributed by atoms with E-state index in [1.807, 2.05) is 0 Å². The summed E-state index contributed by atoms with van der Waals surface area (Å²) in [6.45, 7) is 6.10. The van der Waals surface area contributed by atoms with Gasteiger partial charge in [-0.3, -0.25) is 0 Å². The second-order valence-corrected chi connectivity index (χ2v) is 7.35. The molecule has 1 aliphatic rings. The first-order chi connectivity index (χ1) is 8.01. The SMILES string of the molecule is CS(=O)(=O)CCCN1CCCN(CCCl)CC1. The van der Waals surface area contributed by atoms with Crippen LogP contribution in [0.4, 0.5) is 0 Å². The summed E-state index contributed by atoms with van der Waals surface area (Å²) in [5.41, 5.74) is 0. The standard InChI is InChI=1S/C11H23ClN2O2S/c1-17(15,16)11-3-7-13-5-2-6-14(8-4-12)10-9-13/h2-11H2,1H3. The van der Waals surface area contributed by atoms with Crippen LogP contribution in [-0.4, -0.2) is 75.4 Å². The molecule has 0 spiro atoms. The third-order valence-corrected chi connectivity index (χ3v) is 4.27. The minimum Gasteiger partial charge on any atom is -0.302 e. The predicted octanol–water partition coefficient (Wildman–Crippen LogP) is 0.668. The van der Waals surface area contributed by atoms with E-state index < -0.39 is 9.84 Å². The highest BCUT2D eigenvalue weighted by Gasteiger charge is 2.14. The van der Waals surface area contributed by atoms with Crippen LogP contribution in [0.15, 0.2) is 0 Å². The number of rotatable bonds is 6. The van der Waals surface area contributed by atoms with E-state index >= 15 is 0 Å². The molecule has 102 valence electrons. The molecule has 1 heterocycles. The summed E-state index contributed by atoms with van der Waals surface area (Å²) in [5.74, 6) is 0.989. The minimum atomic E-state index is -2.81. The molecular weight excluding hydrogens is 260 g/mol. The van der Waals surface area contributed by atoms with Crippen molar-refractivity contribution in [2.24, 2.45) is 0 Å². The molecule has 6 heteroatoms. The minimum absolute atomic E-state index is 0.300. The normalized spacial score (nSPS) is 20.4. The Kier molecular flexibility index (Phi) is 6.77. The number of halogens is 1. The molecule has 0 N–H and O–H groups in total. The molecule has 1 rings (SSSR count). The average molecular weight is 283 g/mol. The van der Waals surface area contributed by atoms with Crippen molar-refractivity contribution in [1.29, 1.82) is 0 Å². The van der Waals surface area contributed by atoms with Crippen molar-refractivity contribution in [2.45, 2.75) is 12.8 Å². The summed E-state index contributed by atoms with van der Waals surface area (Å²) in [7, 11) is -2.81. The highest BCUT2D eigenvalue weighted by Crippen LogP contribution is 2.04. The van der Waals surface area contributed by atoms with Crippen LogP contribution < -0.4 is 0 Å². The molecule has 1 aliphatic heterocycles. The Labute approximate surface area is 110 Å². The second kappa shape index (κ2) is 7.56.